The molecule has 0 unspecified atom stereocenters. The minimum Gasteiger partial charge on any atom is -0.465 e. The van der Waals surface area contributed by atoms with Crippen LogP contribution in [0.25, 0.3) is 0 Å². The van der Waals surface area contributed by atoms with Gasteiger partial charge in [-0.3, -0.25) is 20.2 Å². The molecule has 0 aromatic heterocycles. The zero-order valence-electron chi connectivity index (χ0n) is 8.38. The van der Waals surface area contributed by atoms with Gasteiger partial charge in [0.05, 0.1) is 17.0 Å². The van der Waals surface area contributed by atoms with Crippen molar-refractivity contribution in [2.45, 2.75) is 0 Å². The summed E-state index contributed by atoms with van der Waals surface area (Å²) >= 11 is 5.52. The lowest BCUT2D eigenvalue weighted by molar-refractivity contribution is -0.389. The van der Waals surface area contributed by atoms with Crippen molar-refractivity contribution in [2.75, 3.05) is 7.11 Å². The number of halogens is 1. The molecule has 90 valence electrons. The van der Waals surface area contributed by atoms with E-state index in [0.717, 1.165) is 19.2 Å². The summed E-state index contributed by atoms with van der Waals surface area (Å²) in [6.07, 6.45) is 0. The third-order valence-corrected chi connectivity index (χ3v) is 2.13. The molecule has 8 nitrogen and oxygen atoms in total. The number of carbonyl (C=O) groups excluding carboxylic acids is 1. The topological polar surface area (TPSA) is 113 Å². The van der Waals surface area contributed by atoms with Gasteiger partial charge in [0.1, 0.15) is 10.6 Å². The van der Waals surface area contributed by atoms with Crippen molar-refractivity contribution in [3.63, 3.8) is 0 Å². The number of nitro benzene ring substituents is 2. The van der Waals surface area contributed by atoms with Gasteiger partial charge in [-0.05, 0) is 0 Å². The Morgan fingerprint density at radius 1 is 1.29 bits per heavy atom. The number of benzene rings is 1. The second-order valence-corrected chi connectivity index (χ2v) is 3.24. The van der Waals surface area contributed by atoms with Crippen molar-refractivity contribution in [1.29, 1.82) is 0 Å². The van der Waals surface area contributed by atoms with E-state index in [0.29, 0.717) is 0 Å². The van der Waals surface area contributed by atoms with E-state index in [1.165, 1.54) is 0 Å². The first-order chi connectivity index (χ1) is 7.88. The number of hydrogen-bond donors (Lipinski definition) is 0. The lowest BCUT2D eigenvalue weighted by atomic mass is 10.1. The Balaban J connectivity index is 3.55. The third kappa shape index (κ3) is 2.48. The lowest BCUT2D eigenvalue weighted by Crippen LogP contribution is -2.07. The average molecular weight is 261 g/mol. The van der Waals surface area contributed by atoms with E-state index in [4.69, 9.17) is 11.6 Å². The molecule has 9 heteroatoms. The van der Waals surface area contributed by atoms with Crippen LogP contribution >= 0.6 is 11.6 Å². The SMILES string of the molecule is COC(=O)c1cc([N+](=O)[O-])cc(Cl)c1[N+](=O)[O-]. The molecular formula is C8H5ClN2O6. The first-order valence-corrected chi connectivity index (χ1v) is 4.47. The summed E-state index contributed by atoms with van der Waals surface area (Å²) in [6, 6.07) is 1.54. The highest BCUT2D eigenvalue weighted by Gasteiger charge is 2.28. The molecule has 1 rings (SSSR count). The van der Waals surface area contributed by atoms with Crippen LogP contribution in [0.2, 0.25) is 5.02 Å². The zero-order valence-corrected chi connectivity index (χ0v) is 9.13. The highest BCUT2D eigenvalue weighted by Crippen LogP contribution is 2.33. The van der Waals surface area contributed by atoms with E-state index >= 15 is 0 Å². The average Bonchev–Trinajstić information content (AvgIpc) is 2.26. The Bertz CT molecular complexity index is 515. The minimum atomic E-state index is -1.07. The second kappa shape index (κ2) is 4.74. The fourth-order valence-electron chi connectivity index (χ4n) is 1.14. The van der Waals surface area contributed by atoms with Crippen LogP contribution in [0, 0.1) is 20.2 Å². The Morgan fingerprint density at radius 2 is 1.88 bits per heavy atom. The van der Waals surface area contributed by atoms with E-state index in [2.05, 4.69) is 4.74 Å². The Morgan fingerprint density at radius 3 is 2.29 bits per heavy atom. The summed E-state index contributed by atoms with van der Waals surface area (Å²) in [5, 5.41) is 20.7. The molecule has 0 spiro atoms. The first kappa shape index (κ1) is 12.8. The third-order valence-electron chi connectivity index (χ3n) is 1.85. The number of non-ortho nitro benzene ring substituents is 1. The predicted molar refractivity (Wildman–Crippen MR) is 56.1 cm³/mol. The molecule has 0 aliphatic heterocycles. The number of ether oxygens (including phenoxy) is 1. The van der Waals surface area contributed by atoms with E-state index in [1.54, 1.807) is 0 Å². The van der Waals surface area contributed by atoms with Crippen molar-refractivity contribution < 1.29 is 19.4 Å². The molecular weight excluding hydrogens is 256 g/mol. The summed E-state index contributed by atoms with van der Waals surface area (Å²) in [6.45, 7) is 0. The summed E-state index contributed by atoms with van der Waals surface area (Å²) in [5.41, 5.74) is -1.80. The smallest absolute Gasteiger partial charge is 0.345 e. The highest BCUT2D eigenvalue weighted by atomic mass is 35.5. The standard InChI is InChI=1S/C8H5ClN2O6/c1-17-8(12)5-2-4(10(13)14)3-6(9)7(5)11(15)16/h2-3H,1H3. The van der Waals surface area contributed by atoms with Crippen molar-refractivity contribution in [2.24, 2.45) is 0 Å². The molecule has 0 amide bonds. The van der Waals surface area contributed by atoms with Gasteiger partial charge < -0.3 is 4.74 Å². The van der Waals surface area contributed by atoms with Gasteiger partial charge in [-0.15, -0.1) is 0 Å². The number of esters is 1. The van der Waals surface area contributed by atoms with Crippen molar-refractivity contribution in [3.05, 3.63) is 42.9 Å². The molecule has 17 heavy (non-hydrogen) atoms. The van der Waals surface area contributed by atoms with E-state index in [-0.39, 0.29) is 0 Å². The van der Waals surface area contributed by atoms with Crippen LogP contribution in [0.1, 0.15) is 10.4 Å². The molecule has 0 atom stereocenters. The monoisotopic (exact) mass is 260 g/mol. The van der Waals surface area contributed by atoms with Crippen LogP contribution in [-0.4, -0.2) is 22.9 Å². The summed E-state index contributed by atoms with van der Waals surface area (Å²) < 4.78 is 4.29. The fraction of sp³-hybridized carbons (Fsp3) is 0.125. The number of hydrogen-bond acceptors (Lipinski definition) is 6. The van der Waals surface area contributed by atoms with Crippen LogP contribution in [0.4, 0.5) is 11.4 Å². The fourth-order valence-corrected chi connectivity index (χ4v) is 1.42. The van der Waals surface area contributed by atoms with Crippen molar-refractivity contribution in [1.82, 2.24) is 0 Å². The highest BCUT2D eigenvalue weighted by molar-refractivity contribution is 6.33. The van der Waals surface area contributed by atoms with Crippen molar-refractivity contribution in [3.8, 4) is 0 Å². The molecule has 0 fully saturated rings. The number of carbonyl (C=O) groups is 1. The Kier molecular flexibility index (Phi) is 3.59. The molecule has 0 saturated heterocycles. The molecule has 0 N–H and O–H groups in total. The van der Waals surface area contributed by atoms with Gasteiger partial charge in [0.15, 0.2) is 0 Å². The summed E-state index contributed by atoms with van der Waals surface area (Å²) in [7, 11) is 0.999. The van der Waals surface area contributed by atoms with E-state index in [1.807, 2.05) is 0 Å². The molecule has 0 aliphatic rings. The maximum Gasteiger partial charge on any atom is 0.345 e. The molecule has 1 aromatic carbocycles. The summed E-state index contributed by atoms with van der Waals surface area (Å²) in [4.78, 5) is 30.7. The van der Waals surface area contributed by atoms with E-state index in [9.17, 15) is 25.0 Å². The quantitative estimate of drug-likeness (QED) is 0.466. The van der Waals surface area contributed by atoms with Crippen LogP contribution in [0.5, 0.6) is 0 Å². The number of rotatable bonds is 3. The van der Waals surface area contributed by atoms with Crippen molar-refractivity contribution >= 4 is 28.9 Å². The lowest BCUT2D eigenvalue weighted by Gasteiger charge is -2.02. The largest absolute Gasteiger partial charge is 0.465 e. The number of methoxy groups -OCH3 is 1. The Hall–Kier alpha value is -2.22. The number of nitro groups is 2. The first-order valence-electron chi connectivity index (χ1n) is 4.09. The zero-order chi connectivity index (χ0) is 13.2. The van der Waals surface area contributed by atoms with Crippen LogP contribution < -0.4 is 0 Å². The second-order valence-electron chi connectivity index (χ2n) is 2.83. The summed E-state index contributed by atoms with van der Waals surface area (Å²) in [5.74, 6) is -1.07. The molecule has 0 heterocycles. The predicted octanol–water partition coefficient (Wildman–Crippen LogP) is 1.94. The molecule has 0 bridgehead atoms. The van der Waals surface area contributed by atoms with Crippen LogP contribution in [0.3, 0.4) is 0 Å². The normalized spacial score (nSPS) is 9.76. The van der Waals surface area contributed by atoms with Gasteiger partial charge in [-0.1, -0.05) is 11.6 Å². The Labute approximate surface area is 99.0 Å². The maximum atomic E-state index is 11.3. The van der Waals surface area contributed by atoms with Gasteiger partial charge in [-0.2, -0.15) is 0 Å². The van der Waals surface area contributed by atoms with Crippen LogP contribution in [-0.2, 0) is 4.74 Å². The van der Waals surface area contributed by atoms with Gasteiger partial charge in [0, 0.05) is 12.1 Å². The molecule has 0 radical (unpaired) electrons. The van der Waals surface area contributed by atoms with Gasteiger partial charge in [0.2, 0.25) is 0 Å². The maximum absolute atomic E-state index is 11.3. The van der Waals surface area contributed by atoms with Crippen LogP contribution in [0.15, 0.2) is 12.1 Å². The van der Waals surface area contributed by atoms with Gasteiger partial charge in [-0.25, -0.2) is 4.79 Å². The molecule has 0 aliphatic carbocycles. The minimum absolute atomic E-state index is 0.496. The van der Waals surface area contributed by atoms with E-state index < -0.39 is 37.8 Å². The molecule has 1 aromatic rings. The van der Waals surface area contributed by atoms with Gasteiger partial charge in [0.25, 0.3) is 5.69 Å². The number of nitrogens with zero attached hydrogens (tertiary/aromatic N) is 2. The molecule has 0 saturated carbocycles. The van der Waals surface area contributed by atoms with Gasteiger partial charge >= 0.3 is 11.7 Å².